The molecule has 0 aromatic heterocycles. The Hall–Kier alpha value is -1.12. The number of aryl methyl sites for hydroxylation is 1. The van der Waals surface area contributed by atoms with E-state index in [1.165, 1.54) is 6.92 Å². The standard InChI is InChI=1S/C13H18FNO4S2/c1-8(7-20-3)6-15-21(18,19)10-4-9(2)12(14)11(5-10)13(16)17/h4-5,8,15H,6-7H2,1-3H3,(H,16,17). The Morgan fingerprint density at radius 3 is 2.62 bits per heavy atom. The number of rotatable bonds is 7. The van der Waals surface area contributed by atoms with E-state index in [2.05, 4.69) is 4.72 Å². The van der Waals surface area contributed by atoms with Gasteiger partial charge in [0.05, 0.1) is 10.5 Å². The Labute approximate surface area is 128 Å². The van der Waals surface area contributed by atoms with Crippen LogP contribution >= 0.6 is 11.8 Å². The maximum atomic E-state index is 13.6. The summed E-state index contributed by atoms with van der Waals surface area (Å²) in [5.74, 6) is -1.48. The predicted molar refractivity (Wildman–Crippen MR) is 80.8 cm³/mol. The normalized spacial score (nSPS) is 13.1. The topological polar surface area (TPSA) is 83.5 Å². The molecule has 0 heterocycles. The lowest BCUT2D eigenvalue weighted by Crippen LogP contribution is -2.29. The highest BCUT2D eigenvalue weighted by atomic mass is 32.2. The number of halogens is 1. The van der Waals surface area contributed by atoms with Crippen LogP contribution in [0.15, 0.2) is 17.0 Å². The molecule has 0 amide bonds. The number of sulfonamides is 1. The van der Waals surface area contributed by atoms with E-state index in [4.69, 9.17) is 5.11 Å². The molecule has 0 spiro atoms. The van der Waals surface area contributed by atoms with Crippen molar-refractivity contribution in [2.24, 2.45) is 5.92 Å². The SMILES string of the molecule is CSCC(C)CNS(=O)(=O)c1cc(C)c(F)c(C(=O)O)c1. The molecular weight excluding hydrogens is 317 g/mol. The molecule has 0 saturated heterocycles. The molecule has 0 aliphatic rings. The van der Waals surface area contributed by atoms with E-state index in [-0.39, 0.29) is 22.9 Å². The van der Waals surface area contributed by atoms with Crippen LogP contribution < -0.4 is 4.72 Å². The minimum absolute atomic E-state index is 0.0209. The number of carboxylic acids is 1. The highest BCUT2D eigenvalue weighted by Gasteiger charge is 2.21. The average molecular weight is 335 g/mol. The van der Waals surface area contributed by atoms with E-state index < -0.39 is 27.4 Å². The van der Waals surface area contributed by atoms with E-state index in [1.54, 1.807) is 11.8 Å². The second-order valence-electron chi connectivity index (χ2n) is 4.82. The summed E-state index contributed by atoms with van der Waals surface area (Å²) in [4.78, 5) is 10.7. The number of hydrogen-bond acceptors (Lipinski definition) is 4. The van der Waals surface area contributed by atoms with Gasteiger partial charge in [-0.1, -0.05) is 6.92 Å². The van der Waals surface area contributed by atoms with Crippen molar-refractivity contribution in [3.05, 3.63) is 29.1 Å². The monoisotopic (exact) mass is 335 g/mol. The van der Waals surface area contributed by atoms with Crippen LogP contribution in [0.4, 0.5) is 4.39 Å². The van der Waals surface area contributed by atoms with E-state index in [0.717, 1.165) is 17.9 Å². The second kappa shape index (κ2) is 7.24. The molecule has 8 heteroatoms. The zero-order chi connectivity index (χ0) is 16.2. The third kappa shape index (κ3) is 4.69. The van der Waals surface area contributed by atoms with Gasteiger partial charge in [-0.3, -0.25) is 0 Å². The van der Waals surface area contributed by atoms with Crippen LogP contribution in [0, 0.1) is 18.7 Å². The van der Waals surface area contributed by atoms with Gasteiger partial charge in [0, 0.05) is 6.54 Å². The van der Waals surface area contributed by atoms with Crippen LogP contribution in [0.3, 0.4) is 0 Å². The lowest BCUT2D eigenvalue weighted by atomic mass is 10.1. The Kier molecular flexibility index (Phi) is 6.18. The molecule has 0 radical (unpaired) electrons. The molecule has 1 aromatic rings. The lowest BCUT2D eigenvalue weighted by Gasteiger charge is -2.13. The molecule has 1 aromatic carbocycles. The summed E-state index contributed by atoms with van der Waals surface area (Å²) < 4.78 is 40.3. The van der Waals surface area contributed by atoms with E-state index in [0.29, 0.717) is 0 Å². The molecular formula is C13H18FNO4S2. The van der Waals surface area contributed by atoms with Crippen molar-refractivity contribution in [2.45, 2.75) is 18.7 Å². The molecule has 0 bridgehead atoms. The van der Waals surface area contributed by atoms with Crippen molar-refractivity contribution in [1.29, 1.82) is 0 Å². The number of carbonyl (C=O) groups is 1. The number of aromatic carboxylic acids is 1. The summed E-state index contributed by atoms with van der Waals surface area (Å²) in [6.07, 6.45) is 1.92. The summed E-state index contributed by atoms with van der Waals surface area (Å²) in [7, 11) is -3.86. The van der Waals surface area contributed by atoms with Crippen molar-refractivity contribution in [3.8, 4) is 0 Å². The van der Waals surface area contributed by atoms with E-state index in [1.807, 2.05) is 13.2 Å². The first-order chi connectivity index (χ1) is 9.69. The first-order valence-corrected chi connectivity index (χ1v) is 9.08. The average Bonchev–Trinajstić information content (AvgIpc) is 2.39. The first kappa shape index (κ1) is 17.9. The van der Waals surface area contributed by atoms with Gasteiger partial charge in [-0.25, -0.2) is 22.3 Å². The fraction of sp³-hybridized carbons (Fsp3) is 0.462. The van der Waals surface area contributed by atoms with Crippen LogP contribution in [0.5, 0.6) is 0 Å². The number of nitrogens with one attached hydrogen (secondary N) is 1. The van der Waals surface area contributed by atoms with Gasteiger partial charge in [0.15, 0.2) is 0 Å². The molecule has 0 saturated carbocycles. The molecule has 1 unspecified atom stereocenters. The zero-order valence-corrected chi connectivity index (χ0v) is 13.6. The largest absolute Gasteiger partial charge is 0.478 e. The van der Waals surface area contributed by atoms with Gasteiger partial charge in [0.2, 0.25) is 10.0 Å². The maximum absolute atomic E-state index is 13.6. The molecule has 5 nitrogen and oxygen atoms in total. The Bertz CT molecular complexity index is 631. The fourth-order valence-electron chi connectivity index (χ4n) is 1.73. The molecule has 21 heavy (non-hydrogen) atoms. The summed E-state index contributed by atoms with van der Waals surface area (Å²) in [5, 5.41) is 8.91. The number of carboxylic acid groups (broad SMARTS) is 1. The fourth-order valence-corrected chi connectivity index (χ4v) is 3.69. The molecule has 1 rings (SSSR count). The Balaban J connectivity index is 3.06. The van der Waals surface area contributed by atoms with Crippen molar-refractivity contribution >= 4 is 27.8 Å². The molecule has 118 valence electrons. The smallest absolute Gasteiger partial charge is 0.338 e. The van der Waals surface area contributed by atoms with Gasteiger partial charge < -0.3 is 5.11 Å². The maximum Gasteiger partial charge on any atom is 0.338 e. The highest BCUT2D eigenvalue weighted by Crippen LogP contribution is 2.19. The first-order valence-electron chi connectivity index (χ1n) is 6.21. The van der Waals surface area contributed by atoms with Gasteiger partial charge in [0.25, 0.3) is 0 Å². The predicted octanol–water partition coefficient (Wildman–Crippen LogP) is 2.11. The van der Waals surface area contributed by atoms with Gasteiger partial charge in [-0.15, -0.1) is 0 Å². The third-order valence-electron chi connectivity index (χ3n) is 2.84. The van der Waals surface area contributed by atoms with Crippen LogP contribution in [0.25, 0.3) is 0 Å². The van der Waals surface area contributed by atoms with Gasteiger partial charge in [-0.05, 0) is 42.5 Å². The molecule has 0 aliphatic carbocycles. The zero-order valence-electron chi connectivity index (χ0n) is 12.0. The Morgan fingerprint density at radius 1 is 1.48 bits per heavy atom. The minimum Gasteiger partial charge on any atom is -0.478 e. The summed E-state index contributed by atoms with van der Waals surface area (Å²) >= 11 is 1.60. The number of thioether (sulfide) groups is 1. The van der Waals surface area contributed by atoms with Crippen LogP contribution in [-0.2, 0) is 10.0 Å². The van der Waals surface area contributed by atoms with Crippen LogP contribution in [0.2, 0.25) is 0 Å². The Morgan fingerprint density at radius 2 is 2.10 bits per heavy atom. The summed E-state index contributed by atoms with van der Waals surface area (Å²) in [5.41, 5.74) is -0.667. The van der Waals surface area contributed by atoms with Gasteiger partial charge in [0.1, 0.15) is 5.82 Å². The van der Waals surface area contributed by atoms with E-state index in [9.17, 15) is 17.6 Å². The second-order valence-corrected chi connectivity index (χ2v) is 7.50. The quantitative estimate of drug-likeness (QED) is 0.797. The molecule has 2 N–H and O–H groups in total. The third-order valence-corrected chi connectivity index (χ3v) is 5.15. The van der Waals surface area contributed by atoms with Crippen LogP contribution in [-0.4, -0.2) is 38.0 Å². The van der Waals surface area contributed by atoms with Gasteiger partial charge in [-0.2, -0.15) is 11.8 Å². The molecule has 1 atom stereocenters. The van der Waals surface area contributed by atoms with Crippen molar-refractivity contribution in [3.63, 3.8) is 0 Å². The van der Waals surface area contributed by atoms with Crippen molar-refractivity contribution in [2.75, 3.05) is 18.6 Å². The van der Waals surface area contributed by atoms with Crippen molar-refractivity contribution in [1.82, 2.24) is 4.72 Å². The molecule has 0 fully saturated rings. The van der Waals surface area contributed by atoms with Gasteiger partial charge >= 0.3 is 5.97 Å². The lowest BCUT2D eigenvalue weighted by molar-refractivity contribution is 0.0691. The number of benzene rings is 1. The van der Waals surface area contributed by atoms with Crippen molar-refractivity contribution < 1.29 is 22.7 Å². The number of hydrogen-bond donors (Lipinski definition) is 2. The molecule has 0 aliphatic heterocycles. The summed E-state index contributed by atoms with van der Waals surface area (Å²) in [6.45, 7) is 3.47. The van der Waals surface area contributed by atoms with E-state index >= 15 is 0 Å². The highest BCUT2D eigenvalue weighted by molar-refractivity contribution is 7.98. The minimum atomic E-state index is -3.86. The summed E-state index contributed by atoms with van der Waals surface area (Å²) in [6, 6.07) is 1.97. The van der Waals surface area contributed by atoms with Crippen LogP contribution in [0.1, 0.15) is 22.8 Å².